The number of allylic oxidation sites excluding steroid dienone is 4. The van der Waals surface area contributed by atoms with Gasteiger partial charge in [0.15, 0.2) is 34.9 Å². The molecule has 10 rings (SSSR count). The van der Waals surface area contributed by atoms with E-state index in [9.17, 15) is 0 Å². The minimum atomic E-state index is 0.635. The maximum absolute atomic E-state index is 4.96. The van der Waals surface area contributed by atoms with Gasteiger partial charge in [-0.1, -0.05) is 194 Å². The molecule has 1 aliphatic rings. The highest BCUT2D eigenvalue weighted by atomic mass is 15.0. The quantitative estimate of drug-likeness (QED) is 0.154. The third kappa shape index (κ3) is 6.99. The molecule has 0 N–H and O–H groups in total. The van der Waals surface area contributed by atoms with Gasteiger partial charge in [-0.2, -0.15) is 0 Å². The molecule has 9 aromatic rings. The van der Waals surface area contributed by atoms with Crippen molar-refractivity contribution in [1.82, 2.24) is 29.9 Å². The van der Waals surface area contributed by atoms with Crippen molar-refractivity contribution < 1.29 is 0 Å². The topological polar surface area (TPSA) is 77.3 Å². The third-order valence-electron chi connectivity index (χ3n) is 10.5. The number of fused-ring (bicyclic) bond motifs is 1. The van der Waals surface area contributed by atoms with Crippen LogP contribution in [0.1, 0.15) is 18.7 Å². The SMILES string of the molecule is C1=CC(c2nc(-c3ccccc3)nc(-c3ccc(-c4ccc(-c5ccc(-c6nc(-c7ccccc7)nc(-c7ccccc7)n6)cc5)c5ccccc45)cc3)n2)=CCC1. The van der Waals surface area contributed by atoms with Gasteiger partial charge in [0.25, 0.3) is 0 Å². The van der Waals surface area contributed by atoms with E-state index in [0.717, 1.165) is 68.5 Å². The van der Waals surface area contributed by atoms with Gasteiger partial charge in [0, 0.05) is 33.4 Å². The van der Waals surface area contributed by atoms with Gasteiger partial charge in [-0.15, -0.1) is 0 Å². The van der Waals surface area contributed by atoms with Crippen molar-refractivity contribution >= 4 is 16.3 Å². The fourth-order valence-corrected chi connectivity index (χ4v) is 7.47. The molecule has 274 valence electrons. The van der Waals surface area contributed by atoms with Crippen LogP contribution in [0.15, 0.2) is 194 Å². The van der Waals surface area contributed by atoms with Crippen molar-refractivity contribution in [3.8, 4) is 79.2 Å². The Morgan fingerprint density at radius 2 is 0.603 bits per heavy atom. The molecule has 0 amide bonds. The van der Waals surface area contributed by atoms with Gasteiger partial charge >= 0.3 is 0 Å². The molecule has 0 saturated heterocycles. The number of aromatic nitrogens is 6. The van der Waals surface area contributed by atoms with Crippen molar-refractivity contribution in [2.45, 2.75) is 12.8 Å². The van der Waals surface area contributed by atoms with Crippen LogP contribution in [0.3, 0.4) is 0 Å². The molecule has 0 atom stereocenters. The Kier molecular flexibility index (Phi) is 9.26. The van der Waals surface area contributed by atoms with Crippen LogP contribution < -0.4 is 0 Å². The Balaban J connectivity index is 0.979. The molecule has 0 spiro atoms. The second-order valence-corrected chi connectivity index (χ2v) is 14.2. The van der Waals surface area contributed by atoms with Crippen LogP contribution in [-0.4, -0.2) is 29.9 Å². The summed E-state index contributed by atoms with van der Waals surface area (Å²) in [6, 6.07) is 60.4. The lowest BCUT2D eigenvalue weighted by atomic mass is 9.91. The minimum Gasteiger partial charge on any atom is -0.208 e. The molecule has 58 heavy (non-hydrogen) atoms. The Morgan fingerprint density at radius 1 is 0.276 bits per heavy atom. The molecule has 0 radical (unpaired) electrons. The number of rotatable bonds is 8. The van der Waals surface area contributed by atoms with Crippen molar-refractivity contribution in [3.63, 3.8) is 0 Å². The average molecular weight is 745 g/mol. The maximum atomic E-state index is 4.96. The van der Waals surface area contributed by atoms with Gasteiger partial charge in [-0.25, -0.2) is 29.9 Å². The van der Waals surface area contributed by atoms with E-state index in [1.165, 1.54) is 10.8 Å². The van der Waals surface area contributed by atoms with Gasteiger partial charge in [0.05, 0.1) is 0 Å². The summed E-state index contributed by atoms with van der Waals surface area (Å²) in [5.41, 5.74) is 10.3. The molecule has 6 nitrogen and oxygen atoms in total. The molecule has 0 fully saturated rings. The lowest BCUT2D eigenvalue weighted by Crippen LogP contribution is -2.03. The first-order valence-electron chi connectivity index (χ1n) is 19.5. The first-order chi connectivity index (χ1) is 28.7. The first kappa shape index (κ1) is 34.8. The zero-order chi connectivity index (χ0) is 38.7. The molecule has 2 aromatic heterocycles. The predicted molar refractivity (Wildman–Crippen MR) is 235 cm³/mol. The van der Waals surface area contributed by atoms with Crippen molar-refractivity contribution in [2.75, 3.05) is 0 Å². The van der Waals surface area contributed by atoms with Crippen LogP contribution in [0.5, 0.6) is 0 Å². The first-order valence-corrected chi connectivity index (χ1v) is 19.5. The molecule has 0 aliphatic heterocycles. The summed E-state index contributed by atoms with van der Waals surface area (Å²) in [7, 11) is 0. The molecular weight excluding hydrogens is 709 g/mol. The fourth-order valence-electron chi connectivity index (χ4n) is 7.47. The summed E-state index contributed by atoms with van der Waals surface area (Å²) < 4.78 is 0. The number of hydrogen-bond donors (Lipinski definition) is 0. The normalized spacial score (nSPS) is 12.4. The summed E-state index contributed by atoms with van der Waals surface area (Å²) >= 11 is 0. The van der Waals surface area contributed by atoms with Crippen LogP contribution >= 0.6 is 0 Å². The average Bonchev–Trinajstić information content (AvgIpc) is 3.32. The summed E-state index contributed by atoms with van der Waals surface area (Å²) in [5.74, 6) is 3.95. The van der Waals surface area contributed by atoms with Crippen molar-refractivity contribution in [2.24, 2.45) is 0 Å². The van der Waals surface area contributed by atoms with E-state index < -0.39 is 0 Å². The number of benzene rings is 7. The zero-order valence-electron chi connectivity index (χ0n) is 31.6. The second-order valence-electron chi connectivity index (χ2n) is 14.2. The molecule has 0 bridgehead atoms. The summed E-state index contributed by atoms with van der Waals surface area (Å²) in [5, 5.41) is 2.36. The number of nitrogens with zero attached hydrogens (tertiary/aromatic N) is 6. The van der Waals surface area contributed by atoms with Gasteiger partial charge < -0.3 is 0 Å². The van der Waals surface area contributed by atoms with Crippen molar-refractivity contribution in [1.29, 1.82) is 0 Å². The van der Waals surface area contributed by atoms with Crippen LogP contribution in [-0.2, 0) is 0 Å². The summed E-state index contributed by atoms with van der Waals surface area (Å²) in [6.07, 6.45) is 8.51. The van der Waals surface area contributed by atoms with Gasteiger partial charge in [0.1, 0.15) is 0 Å². The lowest BCUT2D eigenvalue weighted by molar-refractivity contribution is 1.01. The van der Waals surface area contributed by atoms with Gasteiger partial charge in [-0.05, 0) is 45.9 Å². The van der Waals surface area contributed by atoms with E-state index in [0.29, 0.717) is 34.9 Å². The molecule has 1 aliphatic carbocycles. The van der Waals surface area contributed by atoms with E-state index in [-0.39, 0.29) is 0 Å². The Morgan fingerprint density at radius 3 is 0.966 bits per heavy atom. The molecular formula is C52H36N6. The summed E-state index contributed by atoms with van der Waals surface area (Å²) in [4.78, 5) is 29.5. The van der Waals surface area contributed by atoms with E-state index in [2.05, 4.69) is 103 Å². The van der Waals surface area contributed by atoms with Crippen LogP contribution in [0.4, 0.5) is 0 Å². The van der Waals surface area contributed by atoms with Crippen LogP contribution in [0, 0.1) is 0 Å². The highest BCUT2D eigenvalue weighted by Crippen LogP contribution is 2.37. The van der Waals surface area contributed by atoms with Crippen LogP contribution in [0.2, 0.25) is 0 Å². The van der Waals surface area contributed by atoms with E-state index in [4.69, 9.17) is 29.9 Å². The standard InChI is InChI=1S/C52H36N6/c1-5-15-37(16-6-1)47-53-48(38-17-7-2-8-18-38)56-51(55-47)41-29-25-35(26-30-41)43-33-34-44(46-24-14-13-23-45(43)46)36-27-31-42(32-28-36)52-57-49(39-19-9-3-10-20-39)54-50(58-52)40-21-11-4-12-22-40/h1-3,5-11,13-34H,4,12H2. The van der Waals surface area contributed by atoms with Crippen LogP contribution in [0.25, 0.3) is 95.5 Å². The van der Waals surface area contributed by atoms with E-state index in [1.807, 2.05) is 91.0 Å². The molecule has 0 saturated carbocycles. The van der Waals surface area contributed by atoms with E-state index in [1.54, 1.807) is 0 Å². The smallest absolute Gasteiger partial charge is 0.164 e. The zero-order valence-corrected chi connectivity index (χ0v) is 31.6. The minimum absolute atomic E-state index is 0.635. The third-order valence-corrected chi connectivity index (χ3v) is 10.5. The monoisotopic (exact) mass is 744 g/mol. The largest absolute Gasteiger partial charge is 0.208 e. The van der Waals surface area contributed by atoms with Gasteiger partial charge in [-0.3, -0.25) is 0 Å². The summed E-state index contributed by atoms with van der Waals surface area (Å²) in [6.45, 7) is 0. The molecule has 0 unspecified atom stereocenters. The molecule has 6 heteroatoms. The molecule has 7 aromatic carbocycles. The highest BCUT2D eigenvalue weighted by molar-refractivity contribution is 6.05. The maximum Gasteiger partial charge on any atom is 0.164 e. The lowest BCUT2D eigenvalue weighted by Gasteiger charge is -2.14. The Bertz CT molecular complexity index is 2900. The van der Waals surface area contributed by atoms with Crippen molar-refractivity contribution in [3.05, 3.63) is 200 Å². The Hall–Kier alpha value is -7.70. The van der Waals surface area contributed by atoms with E-state index >= 15 is 0 Å². The second kappa shape index (κ2) is 15.4. The fraction of sp³-hybridized carbons (Fsp3) is 0.0385. The predicted octanol–water partition coefficient (Wildman–Crippen LogP) is 12.6. The highest BCUT2D eigenvalue weighted by Gasteiger charge is 2.16. The molecule has 2 heterocycles. The Labute approximate surface area is 337 Å². The van der Waals surface area contributed by atoms with Gasteiger partial charge in [0.2, 0.25) is 0 Å². The number of hydrogen-bond acceptors (Lipinski definition) is 6.